The van der Waals surface area contributed by atoms with E-state index in [0.29, 0.717) is 5.56 Å². The van der Waals surface area contributed by atoms with Crippen LogP contribution < -0.4 is 10.1 Å². The minimum Gasteiger partial charge on any atom is -0.497 e. The molecular formula is C19H22N2O7. The minimum absolute atomic E-state index is 0.0928. The van der Waals surface area contributed by atoms with Crippen LogP contribution in [0.3, 0.4) is 0 Å². The average Bonchev–Trinajstić information content (AvgIpc) is 2.70. The van der Waals surface area contributed by atoms with E-state index in [1.165, 1.54) is 7.11 Å². The third kappa shape index (κ3) is 5.83. The molecule has 2 aromatic rings. The van der Waals surface area contributed by atoms with Gasteiger partial charge in [-0.05, 0) is 34.9 Å². The Morgan fingerprint density at radius 2 is 1.86 bits per heavy atom. The smallest absolute Gasteiger partial charge is 0.313 e. The molecule has 0 aliphatic heterocycles. The lowest BCUT2D eigenvalue weighted by Gasteiger charge is -2.16. The summed E-state index contributed by atoms with van der Waals surface area (Å²) in [6.07, 6.45) is 0.192. The summed E-state index contributed by atoms with van der Waals surface area (Å²) >= 11 is 0. The minimum atomic E-state index is -0.885. The van der Waals surface area contributed by atoms with Crippen molar-refractivity contribution in [2.75, 3.05) is 27.4 Å². The third-order valence-electron chi connectivity index (χ3n) is 4.19. The maximum absolute atomic E-state index is 12.2. The molecule has 0 aliphatic carbocycles. The number of nitrogens with zero attached hydrogens (tertiary/aromatic N) is 1. The van der Waals surface area contributed by atoms with E-state index in [-0.39, 0.29) is 31.9 Å². The molecule has 150 valence electrons. The summed E-state index contributed by atoms with van der Waals surface area (Å²) in [7, 11) is 2.86. The Morgan fingerprint density at radius 3 is 2.54 bits per heavy atom. The van der Waals surface area contributed by atoms with Crippen LogP contribution in [0.1, 0.15) is 24.3 Å². The second-order valence-electron chi connectivity index (χ2n) is 6.01. The molecule has 0 aliphatic rings. The number of methoxy groups -OCH3 is 2. The molecular weight excluding hydrogens is 368 g/mol. The summed E-state index contributed by atoms with van der Waals surface area (Å²) in [4.78, 5) is 38.6. The molecule has 0 fully saturated rings. The molecule has 0 saturated carbocycles. The molecule has 2 rings (SSSR count). The van der Waals surface area contributed by atoms with Crippen molar-refractivity contribution in [2.45, 2.75) is 18.8 Å². The Hall–Kier alpha value is -3.36. The van der Waals surface area contributed by atoms with Crippen LogP contribution >= 0.6 is 0 Å². The highest BCUT2D eigenvalue weighted by Gasteiger charge is 2.25. The van der Waals surface area contributed by atoms with Gasteiger partial charge in [-0.15, -0.1) is 10.1 Å². The van der Waals surface area contributed by atoms with Gasteiger partial charge in [0.05, 0.1) is 26.7 Å². The SMILES string of the molecule is COC(=O)C(CC(=O)NCCCO[N+](=O)[O-])c1ccc2cc(OC)ccc2c1. The number of rotatable bonds is 10. The van der Waals surface area contributed by atoms with Crippen LogP contribution in [0.25, 0.3) is 10.8 Å². The van der Waals surface area contributed by atoms with Crippen LogP contribution in [0.5, 0.6) is 5.75 Å². The van der Waals surface area contributed by atoms with Gasteiger partial charge in [-0.1, -0.05) is 24.3 Å². The van der Waals surface area contributed by atoms with Crippen molar-refractivity contribution < 1.29 is 29.0 Å². The third-order valence-corrected chi connectivity index (χ3v) is 4.19. The lowest BCUT2D eigenvalue weighted by atomic mass is 9.93. The molecule has 1 amide bonds. The molecule has 1 unspecified atom stereocenters. The van der Waals surface area contributed by atoms with Gasteiger partial charge in [-0.25, -0.2) is 0 Å². The zero-order valence-electron chi connectivity index (χ0n) is 15.7. The molecule has 1 N–H and O–H groups in total. The molecule has 0 aromatic heterocycles. The maximum atomic E-state index is 12.2. The molecule has 9 heteroatoms. The van der Waals surface area contributed by atoms with Crippen LogP contribution in [-0.4, -0.2) is 44.3 Å². The first-order chi connectivity index (χ1) is 13.4. The standard InChI is InChI=1S/C19H22N2O7/c1-26-16-7-6-13-10-15(5-4-14(13)11-16)17(19(23)27-2)12-18(22)20-8-3-9-28-21(24)25/h4-7,10-11,17H,3,8-9,12H2,1-2H3,(H,20,22). The molecule has 0 heterocycles. The first-order valence-corrected chi connectivity index (χ1v) is 8.64. The van der Waals surface area contributed by atoms with Gasteiger partial charge in [0.15, 0.2) is 0 Å². The average molecular weight is 390 g/mol. The van der Waals surface area contributed by atoms with Crippen molar-refractivity contribution in [3.8, 4) is 5.75 Å². The predicted octanol–water partition coefficient (Wildman–Crippen LogP) is 2.21. The van der Waals surface area contributed by atoms with Crippen LogP contribution in [0.15, 0.2) is 36.4 Å². The van der Waals surface area contributed by atoms with Crippen molar-refractivity contribution in [2.24, 2.45) is 0 Å². The van der Waals surface area contributed by atoms with Gasteiger partial charge < -0.3 is 19.6 Å². The fourth-order valence-electron chi connectivity index (χ4n) is 2.76. The number of hydrogen-bond donors (Lipinski definition) is 1. The van der Waals surface area contributed by atoms with E-state index in [4.69, 9.17) is 9.47 Å². The Bertz CT molecular complexity index is 853. The van der Waals surface area contributed by atoms with E-state index < -0.39 is 17.0 Å². The molecule has 9 nitrogen and oxygen atoms in total. The van der Waals surface area contributed by atoms with E-state index in [9.17, 15) is 19.7 Å². The second-order valence-corrected chi connectivity index (χ2v) is 6.01. The summed E-state index contributed by atoms with van der Waals surface area (Å²) in [5, 5.41) is 13.7. The van der Waals surface area contributed by atoms with Gasteiger partial charge in [0.2, 0.25) is 5.91 Å². The monoisotopic (exact) mass is 390 g/mol. The zero-order valence-corrected chi connectivity index (χ0v) is 15.7. The largest absolute Gasteiger partial charge is 0.497 e. The van der Waals surface area contributed by atoms with Gasteiger partial charge in [0.1, 0.15) is 5.75 Å². The quantitative estimate of drug-likeness (QED) is 0.286. The lowest BCUT2D eigenvalue weighted by molar-refractivity contribution is -0.757. The van der Waals surface area contributed by atoms with E-state index in [2.05, 4.69) is 10.2 Å². The molecule has 1 atom stereocenters. The van der Waals surface area contributed by atoms with E-state index in [0.717, 1.165) is 16.5 Å². The summed E-state index contributed by atoms with van der Waals surface area (Å²) in [5.41, 5.74) is 0.663. The van der Waals surface area contributed by atoms with Crippen LogP contribution in [0.4, 0.5) is 0 Å². The van der Waals surface area contributed by atoms with Gasteiger partial charge in [0.25, 0.3) is 5.09 Å². The highest BCUT2D eigenvalue weighted by Crippen LogP contribution is 2.27. The number of carbonyl (C=O) groups is 2. The zero-order chi connectivity index (χ0) is 20.5. The second kappa shape index (κ2) is 10.1. The number of fused-ring (bicyclic) bond motifs is 1. The van der Waals surface area contributed by atoms with Gasteiger partial charge >= 0.3 is 5.97 Å². The Balaban J connectivity index is 2.06. The highest BCUT2D eigenvalue weighted by molar-refractivity contribution is 5.89. The van der Waals surface area contributed by atoms with Crippen LogP contribution in [-0.2, 0) is 19.2 Å². The molecule has 0 radical (unpaired) electrons. The van der Waals surface area contributed by atoms with Gasteiger partial charge in [0, 0.05) is 13.0 Å². The number of nitrogens with one attached hydrogen (secondary N) is 1. The summed E-state index contributed by atoms with van der Waals surface area (Å²) in [6.45, 7) is 0.0972. The molecule has 28 heavy (non-hydrogen) atoms. The highest BCUT2D eigenvalue weighted by atomic mass is 16.9. The molecule has 0 bridgehead atoms. The number of benzene rings is 2. The van der Waals surface area contributed by atoms with E-state index in [1.54, 1.807) is 13.2 Å². The lowest BCUT2D eigenvalue weighted by Crippen LogP contribution is -2.29. The number of hydrogen-bond acceptors (Lipinski definition) is 7. The predicted molar refractivity (Wildman–Crippen MR) is 100 cm³/mol. The van der Waals surface area contributed by atoms with Crippen molar-refractivity contribution >= 4 is 22.6 Å². The Morgan fingerprint density at radius 1 is 1.14 bits per heavy atom. The van der Waals surface area contributed by atoms with Crippen LogP contribution in [0, 0.1) is 10.1 Å². The van der Waals surface area contributed by atoms with Crippen LogP contribution in [0.2, 0.25) is 0 Å². The molecule has 0 saturated heterocycles. The molecule has 0 spiro atoms. The molecule has 2 aromatic carbocycles. The first kappa shape index (κ1) is 20.9. The number of carbonyl (C=O) groups excluding carboxylic acids is 2. The number of amides is 1. The van der Waals surface area contributed by atoms with E-state index >= 15 is 0 Å². The number of esters is 1. The maximum Gasteiger partial charge on any atom is 0.313 e. The summed E-state index contributed by atoms with van der Waals surface area (Å²) < 4.78 is 10.1. The first-order valence-electron chi connectivity index (χ1n) is 8.64. The Kier molecular flexibility index (Phi) is 7.55. The van der Waals surface area contributed by atoms with Crippen molar-refractivity contribution in [3.63, 3.8) is 0 Å². The van der Waals surface area contributed by atoms with E-state index in [1.807, 2.05) is 30.3 Å². The fourth-order valence-corrected chi connectivity index (χ4v) is 2.76. The normalized spacial score (nSPS) is 11.5. The summed E-state index contributed by atoms with van der Waals surface area (Å²) in [5.74, 6) is -0.900. The van der Waals surface area contributed by atoms with Gasteiger partial charge in [-0.3, -0.25) is 9.59 Å². The van der Waals surface area contributed by atoms with Crippen molar-refractivity contribution in [1.29, 1.82) is 0 Å². The summed E-state index contributed by atoms with van der Waals surface area (Å²) in [6, 6.07) is 11.1. The topological polar surface area (TPSA) is 117 Å². The number of ether oxygens (including phenoxy) is 2. The fraction of sp³-hybridized carbons (Fsp3) is 0.368. The van der Waals surface area contributed by atoms with Crippen molar-refractivity contribution in [1.82, 2.24) is 5.32 Å². The van der Waals surface area contributed by atoms with Crippen molar-refractivity contribution in [3.05, 3.63) is 52.1 Å². The van der Waals surface area contributed by atoms with Gasteiger partial charge in [-0.2, -0.15) is 0 Å². The Labute approximate surface area is 161 Å².